The maximum absolute atomic E-state index is 5.91. The Bertz CT molecular complexity index is 476. The minimum absolute atomic E-state index is 0.439. The second kappa shape index (κ2) is 4.83. The van der Waals surface area contributed by atoms with Crippen LogP contribution in [0.25, 0.3) is 11.2 Å². The van der Waals surface area contributed by atoms with E-state index in [0.29, 0.717) is 11.8 Å². The molecule has 4 heteroatoms. The average Bonchev–Trinajstić information content (AvgIpc) is 2.64. The van der Waals surface area contributed by atoms with E-state index in [-0.39, 0.29) is 0 Å². The number of aryl methyl sites for hydroxylation is 1. The highest BCUT2D eigenvalue weighted by atomic mass is 35.5. The summed E-state index contributed by atoms with van der Waals surface area (Å²) in [4.78, 5) is 8.85. The Labute approximate surface area is 100 Å². The SMILES string of the molecule is CC(C)CCn1c(CCl)nc2cccnc21. The summed E-state index contributed by atoms with van der Waals surface area (Å²) in [5, 5.41) is 0. The Balaban J connectivity index is 2.39. The lowest BCUT2D eigenvalue weighted by molar-refractivity contribution is 0.514. The lowest BCUT2D eigenvalue weighted by atomic mass is 10.1. The number of fused-ring (bicyclic) bond motifs is 1. The molecule has 0 fully saturated rings. The van der Waals surface area contributed by atoms with E-state index in [1.165, 1.54) is 0 Å². The Hall–Kier alpha value is -1.09. The topological polar surface area (TPSA) is 30.7 Å². The molecule has 0 radical (unpaired) electrons. The van der Waals surface area contributed by atoms with Crippen molar-refractivity contribution < 1.29 is 0 Å². The molecule has 0 aliphatic rings. The molecule has 2 heterocycles. The molecule has 3 nitrogen and oxygen atoms in total. The third-order valence-electron chi connectivity index (χ3n) is 2.63. The van der Waals surface area contributed by atoms with Gasteiger partial charge < -0.3 is 4.57 Å². The first-order chi connectivity index (χ1) is 7.72. The smallest absolute Gasteiger partial charge is 0.160 e. The first kappa shape index (κ1) is 11.4. The number of pyridine rings is 1. The molecular weight excluding hydrogens is 222 g/mol. The highest BCUT2D eigenvalue weighted by Gasteiger charge is 2.10. The van der Waals surface area contributed by atoms with Crippen LogP contribution in [0, 0.1) is 5.92 Å². The van der Waals surface area contributed by atoms with Gasteiger partial charge in [0.25, 0.3) is 0 Å². The van der Waals surface area contributed by atoms with Crippen LogP contribution >= 0.6 is 11.6 Å². The standard InChI is InChI=1S/C12H16ClN3/c1-9(2)5-7-16-11(8-13)15-10-4-3-6-14-12(10)16/h3-4,6,9H,5,7-8H2,1-2H3. The maximum atomic E-state index is 5.91. The number of halogens is 1. The van der Waals surface area contributed by atoms with Crippen LogP contribution in [-0.4, -0.2) is 14.5 Å². The molecule has 86 valence electrons. The van der Waals surface area contributed by atoms with E-state index in [1.807, 2.05) is 12.1 Å². The number of alkyl halides is 1. The highest BCUT2D eigenvalue weighted by molar-refractivity contribution is 6.16. The molecule has 0 unspecified atom stereocenters. The molecule has 0 aromatic carbocycles. The summed E-state index contributed by atoms with van der Waals surface area (Å²) in [5.74, 6) is 2.02. The Kier molecular flexibility index (Phi) is 3.44. The third-order valence-corrected chi connectivity index (χ3v) is 2.87. The van der Waals surface area contributed by atoms with E-state index >= 15 is 0 Å². The van der Waals surface area contributed by atoms with Crippen molar-refractivity contribution in [3.8, 4) is 0 Å². The lowest BCUT2D eigenvalue weighted by Crippen LogP contribution is -2.05. The minimum atomic E-state index is 0.439. The molecule has 0 N–H and O–H groups in total. The van der Waals surface area contributed by atoms with Gasteiger partial charge in [-0.15, -0.1) is 11.6 Å². The van der Waals surface area contributed by atoms with Crippen molar-refractivity contribution >= 4 is 22.8 Å². The van der Waals surface area contributed by atoms with Crippen molar-refractivity contribution in [2.75, 3.05) is 0 Å². The third kappa shape index (κ3) is 2.19. The molecule has 2 aromatic rings. The molecule has 16 heavy (non-hydrogen) atoms. The summed E-state index contributed by atoms with van der Waals surface area (Å²) < 4.78 is 2.13. The van der Waals surface area contributed by atoms with Gasteiger partial charge in [-0.1, -0.05) is 13.8 Å². The van der Waals surface area contributed by atoms with Crippen molar-refractivity contribution in [2.45, 2.75) is 32.7 Å². The van der Waals surface area contributed by atoms with Crippen molar-refractivity contribution in [3.05, 3.63) is 24.2 Å². The number of rotatable bonds is 4. The maximum Gasteiger partial charge on any atom is 0.160 e. The number of hydrogen-bond acceptors (Lipinski definition) is 2. The summed E-state index contributed by atoms with van der Waals surface area (Å²) >= 11 is 5.91. The van der Waals surface area contributed by atoms with Gasteiger partial charge in [0.1, 0.15) is 11.3 Å². The highest BCUT2D eigenvalue weighted by Crippen LogP contribution is 2.16. The lowest BCUT2D eigenvalue weighted by Gasteiger charge is -2.08. The zero-order chi connectivity index (χ0) is 11.5. The summed E-state index contributed by atoms with van der Waals surface area (Å²) in [6, 6.07) is 3.88. The first-order valence-electron chi connectivity index (χ1n) is 5.58. The van der Waals surface area contributed by atoms with E-state index in [2.05, 4.69) is 28.4 Å². The Morgan fingerprint density at radius 1 is 1.44 bits per heavy atom. The van der Waals surface area contributed by atoms with Crippen LogP contribution in [-0.2, 0) is 12.4 Å². The van der Waals surface area contributed by atoms with Crippen LogP contribution in [0.1, 0.15) is 26.1 Å². The number of aromatic nitrogens is 3. The van der Waals surface area contributed by atoms with Crippen LogP contribution in [0.5, 0.6) is 0 Å². The van der Waals surface area contributed by atoms with Gasteiger partial charge in [-0.3, -0.25) is 0 Å². The largest absolute Gasteiger partial charge is 0.312 e. The molecule has 2 rings (SSSR count). The molecule has 0 aliphatic carbocycles. The van der Waals surface area contributed by atoms with Gasteiger partial charge in [-0.05, 0) is 24.5 Å². The van der Waals surface area contributed by atoms with E-state index in [4.69, 9.17) is 11.6 Å². The van der Waals surface area contributed by atoms with Crippen LogP contribution < -0.4 is 0 Å². The number of imidazole rings is 1. The minimum Gasteiger partial charge on any atom is -0.312 e. The second-order valence-corrected chi connectivity index (χ2v) is 4.61. The van der Waals surface area contributed by atoms with Crippen molar-refractivity contribution in [3.63, 3.8) is 0 Å². The summed E-state index contributed by atoms with van der Waals surface area (Å²) in [6.45, 7) is 5.37. The van der Waals surface area contributed by atoms with Crippen LogP contribution in [0.15, 0.2) is 18.3 Å². The monoisotopic (exact) mass is 237 g/mol. The fourth-order valence-corrected chi connectivity index (χ4v) is 1.93. The Morgan fingerprint density at radius 2 is 2.25 bits per heavy atom. The molecule has 0 aliphatic heterocycles. The second-order valence-electron chi connectivity index (χ2n) is 4.34. The van der Waals surface area contributed by atoms with Gasteiger partial charge in [-0.2, -0.15) is 0 Å². The first-order valence-corrected chi connectivity index (χ1v) is 6.12. The Morgan fingerprint density at radius 3 is 2.94 bits per heavy atom. The van der Waals surface area contributed by atoms with Crippen molar-refractivity contribution in [1.82, 2.24) is 14.5 Å². The van der Waals surface area contributed by atoms with Crippen LogP contribution in [0.4, 0.5) is 0 Å². The quantitative estimate of drug-likeness (QED) is 0.765. The molecule has 0 saturated heterocycles. The van der Waals surface area contributed by atoms with E-state index in [9.17, 15) is 0 Å². The molecule has 0 saturated carbocycles. The van der Waals surface area contributed by atoms with Gasteiger partial charge in [0.05, 0.1) is 5.88 Å². The fourth-order valence-electron chi connectivity index (χ4n) is 1.73. The molecule has 0 spiro atoms. The van der Waals surface area contributed by atoms with E-state index in [0.717, 1.165) is 30.0 Å². The predicted octanol–water partition coefficient (Wildman–Crippen LogP) is 3.22. The average molecular weight is 238 g/mol. The zero-order valence-electron chi connectivity index (χ0n) is 9.65. The summed E-state index contributed by atoms with van der Waals surface area (Å²) in [6.07, 6.45) is 2.92. The van der Waals surface area contributed by atoms with Gasteiger partial charge in [-0.25, -0.2) is 9.97 Å². The summed E-state index contributed by atoms with van der Waals surface area (Å²) in [7, 11) is 0. The molecule has 0 atom stereocenters. The van der Waals surface area contributed by atoms with Crippen LogP contribution in [0.3, 0.4) is 0 Å². The molecule has 0 bridgehead atoms. The number of nitrogens with zero attached hydrogens (tertiary/aromatic N) is 3. The molecular formula is C12H16ClN3. The summed E-state index contributed by atoms with van der Waals surface area (Å²) in [5.41, 5.74) is 1.88. The fraction of sp³-hybridized carbons (Fsp3) is 0.500. The van der Waals surface area contributed by atoms with Crippen molar-refractivity contribution in [1.29, 1.82) is 0 Å². The van der Waals surface area contributed by atoms with Gasteiger partial charge >= 0.3 is 0 Å². The zero-order valence-corrected chi connectivity index (χ0v) is 10.4. The predicted molar refractivity (Wildman–Crippen MR) is 66.5 cm³/mol. The van der Waals surface area contributed by atoms with Gasteiger partial charge in [0.15, 0.2) is 5.65 Å². The molecule has 2 aromatic heterocycles. The van der Waals surface area contributed by atoms with Gasteiger partial charge in [0, 0.05) is 12.7 Å². The normalized spacial score (nSPS) is 11.5. The van der Waals surface area contributed by atoms with Crippen molar-refractivity contribution in [2.24, 2.45) is 5.92 Å². The van der Waals surface area contributed by atoms with E-state index < -0.39 is 0 Å². The van der Waals surface area contributed by atoms with Gasteiger partial charge in [0.2, 0.25) is 0 Å². The number of hydrogen-bond donors (Lipinski definition) is 0. The van der Waals surface area contributed by atoms with Crippen LogP contribution in [0.2, 0.25) is 0 Å². The molecule has 0 amide bonds. The van der Waals surface area contributed by atoms with E-state index in [1.54, 1.807) is 6.20 Å².